The smallest absolute Gasteiger partial charge is 0.325 e. The van der Waals surface area contributed by atoms with E-state index < -0.39 is 11.2 Å². The standard InChI is InChI=1S/C23H26N8O2/c1-15(2)29-9-11-30(12-10-29)17-5-3-16(4-6-17)27-19-7-8-20(31-21(19)25-14-26-31)18-13-24-23(33)28-22(18)32/h3-8,13-15,27H,9-12H2,1-2H3,(H2,24,28,32,33). The molecular formula is C23H26N8O2. The second-order valence-electron chi connectivity index (χ2n) is 8.40. The van der Waals surface area contributed by atoms with Crippen LogP contribution in [0, 0.1) is 0 Å². The fourth-order valence-corrected chi connectivity index (χ4v) is 4.22. The van der Waals surface area contributed by atoms with E-state index in [1.54, 1.807) is 10.6 Å². The lowest BCUT2D eigenvalue weighted by molar-refractivity contribution is 0.209. The van der Waals surface area contributed by atoms with E-state index in [2.05, 4.69) is 73.3 Å². The van der Waals surface area contributed by atoms with Gasteiger partial charge in [0.1, 0.15) is 6.33 Å². The zero-order valence-corrected chi connectivity index (χ0v) is 18.6. The second kappa shape index (κ2) is 8.55. The number of anilines is 3. The van der Waals surface area contributed by atoms with Crippen molar-refractivity contribution in [3.05, 3.63) is 69.8 Å². The molecule has 1 fully saturated rings. The molecule has 33 heavy (non-hydrogen) atoms. The van der Waals surface area contributed by atoms with Gasteiger partial charge in [-0.05, 0) is 50.2 Å². The molecule has 0 aliphatic carbocycles. The summed E-state index contributed by atoms with van der Waals surface area (Å²) >= 11 is 0. The molecule has 3 N–H and O–H groups in total. The van der Waals surface area contributed by atoms with Crippen molar-refractivity contribution in [3.8, 4) is 11.3 Å². The summed E-state index contributed by atoms with van der Waals surface area (Å²) in [6.45, 7) is 8.69. The van der Waals surface area contributed by atoms with E-state index in [1.807, 2.05) is 6.07 Å². The van der Waals surface area contributed by atoms with Crippen LogP contribution >= 0.6 is 0 Å². The predicted molar refractivity (Wildman–Crippen MR) is 128 cm³/mol. The maximum atomic E-state index is 12.2. The van der Waals surface area contributed by atoms with Crippen LogP contribution < -0.4 is 21.5 Å². The summed E-state index contributed by atoms with van der Waals surface area (Å²) in [6.07, 6.45) is 2.81. The number of nitrogens with one attached hydrogen (secondary N) is 3. The molecule has 1 aliphatic rings. The van der Waals surface area contributed by atoms with Crippen molar-refractivity contribution in [3.63, 3.8) is 0 Å². The number of aromatic amines is 2. The first-order valence-corrected chi connectivity index (χ1v) is 11.0. The topological polar surface area (TPSA) is 114 Å². The highest BCUT2D eigenvalue weighted by Gasteiger charge is 2.19. The molecule has 0 radical (unpaired) electrons. The fraction of sp³-hybridized carbons (Fsp3) is 0.304. The first kappa shape index (κ1) is 21.0. The van der Waals surface area contributed by atoms with Gasteiger partial charge in [-0.3, -0.25) is 14.7 Å². The first-order chi connectivity index (χ1) is 16.0. The summed E-state index contributed by atoms with van der Waals surface area (Å²) in [6, 6.07) is 12.6. The minimum absolute atomic E-state index is 0.304. The Balaban J connectivity index is 1.36. The van der Waals surface area contributed by atoms with Gasteiger partial charge in [0.2, 0.25) is 0 Å². The summed E-state index contributed by atoms with van der Waals surface area (Å²) in [5.74, 6) is 0. The number of pyridine rings is 1. The summed E-state index contributed by atoms with van der Waals surface area (Å²) < 4.78 is 1.58. The largest absolute Gasteiger partial charge is 0.369 e. The Kier molecular flexibility index (Phi) is 5.43. The molecule has 3 aromatic heterocycles. The van der Waals surface area contributed by atoms with Crippen molar-refractivity contribution >= 4 is 22.7 Å². The van der Waals surface area contributed by atoms with Gasteiger partial charge >= 0.3 is 5.69 Å². The number of piperazine rings is 1. The maximum Gasteiger partial charge on any atom is 0.325 e. The Labute approximate surface area is 189 Å². The second-order valence-corrected chi connectivity index (χ2v) is 8.40. The molecule has 10 nitrogen and oxygen atoms in total. The zero-order chi connectivity index (χ0) is 22.9. The van der Waals surface area contributed by atoms with Crippen LogP contribution in [-0.2, 0) is 0 Å². The molecule has 0 saturated carbocycles. The van der Waals surface area contributed by atoms with Gasteiger partial charge in [0.05, 0.1) is 16.9 Å². The van der Waals surface area contributed by atoms with Gasteiger partial charge in [-0.25, -0.2) is 14.3 Å². The Bertz CT molecular complexity index is 1380. The molecule has 0 amide bonds. The van der Waals surface area contributed by atoms with Crippen LogP contribution in [0.15, 0.2) is 58.5 Å². The zero-order valence-electron chi connectivity index (χ0n) is 18.6. The number of hydrogen-bond acceptors (Lipinski definition) is 7. The molecule has 4 heterocycles. The van der Waals surface area contributed by atoms with E-state index in [4.69, 9.17) is 0 Å². The van der Waals surface area contributed by atoms with Crippen LogP contribution in [-0.4, -0.2) is 61.7 Å². The van der Waals surface area contributed by atoms with Gasteiger partial charge in [-0.1, -0.05) is 0 Å². The number of rotatable bonds is 5. The molecule has 0 bridgehead atoms. The Morgan fingerprint density at radius 3 is 2.45 bits per heavy atom. The van der Waals surface area contributed by atoms with Crippen molar-refractivity contribution in [2.45, 2.75) is 19.9 Å². The summed E-state index contributed by atoms with van der Waals surface area (Å²) in [5.41, 5.74) is 3.27. The minimum Gasteiger partial charge on any atom is -0.369 e. The van der Waals surface area contributed by atoms with E-state index in [0.29, 0.717) is 22.9 Å². The molecular weight excluding hydrogens is 420 g/mol. The van der Waals surface area contributed by atoms with Crippen molar-refractivity contribution < 1.29 is 0 Å². The molecule has 170 valence electrons. The minimum atomic E-state index is -0.554. The van der Waals surface area contributed by atoms with E-state index in [-0.39, 0.29) is 0 Å². The molecule has 1 saturated heterocycles. The molecule has 0 atom stereocenters. The van der Waals surface area contributed by atoms with E-state index in [0.717, 1.165) is 37.6 Å². The highest BCUT2D eigenvalue weighted by atomic mass is 16.2. The van der Waals surface area contributed by atoms with Crippen molar-refractivity contribution in [1.29, 1.82) is 0 Å². The summed E-state index contributed by atoms with van der Waals surface area (Å²) in [5, 5.41) is 7.66. The fourth-order valence-electron chi connectivity index (χ4n) is 4.22. The highest BCUT2D eigenvalue weighted by molar-refractivity contribution is 5.77. The van der Waals surface area contributed by atoms with Gasteiger partial charge in [-0.2, -0.15) is 5.10 Å². The van der Waals surface area contributed by atoms with Crippen LogP contribution in [0.5, 0.6) is 0 Å². The van der Waals surface area contributed by atoms with Crippen LogP contribution in [0.4, 0.5) is 17.1 Å². The molecule has 5 rings (SSSR count). The van der Waals surface area contributed by atoms with Crippen LogP contribution in [0.3, 0.4) is 0 Å². The Morgan fingerprint density at radius 1 is 1.00 bits per heavy atom. The first-order valence-electron chi connectivity index (χ1n) is 11.0. The third-order valence-electron chi connectivity index (χ3n) is 6.08. The Hall–Kier alpha value is -3.92. The third-order valence-corrected chi connectivity index (χ3v) is 6.08. The summed E-state index contributed by atoms with van der Waals surface area (Å²) in [7, 11) is 0. The molecule has 0 unspecified atom stereocenters. The number of nitrogens with zero attached hydrogens (tertiary/aromatic N) is 5. The quantitative estimate of drug-likeness (QED) is 0.430. The van der Waals surface area contributed by atoms with Crippen molar-refractivity contribution in [1.82, 2.24) is 29.5 Å². The third kappa shape index (κ3) is 4.12. The number of fused-ring (bicyclic) bond motifs is 1. The highest BCUT2D eigenvalue weighted by Crippen LogP contribution is 2.26. The molecule has 1 aliphatic heterocycles. The van der Waals surface area contributed by atoms with Gasteiger partial charge in [0, 0.05) is 49.8 Å². The molecule has 1 aromatic carbocycles. The number of aromatic nitrogens is 5. The van der Waals surface area contributed by atoms with Crippen molar-refractivity contribution in [2.24, 2.45) is 0 Å². The van der Waals surface area contributed by atoms with Crippen LogP contribution in [0.1, 0.15) is 13.8 Å². The maximum absolute atomic E-state index is 12.2. The van der Waals surface area contributed by atoms with Gasteiger partial charge < -0.3 is 15.2 Å². The van der Waals surface area contributed by atoms with Gasteiger partial charge in [-0.15, -0.1) is 0 Å². The van der Waals surface area contributed by atoms with E-state index >= 15 is 0 Å². The molecule has 4 aromatic rings. The average Bonchev–Trinajstić information content (AvgIpc) is 3.31. The summed E-state index contributed by atoms with van der Waals surface area (Å²) in [4.78, 5) is 37.6. The van der Waals surface area contributed by atoms with Crippen LogP contribution in [0.2, 0.25) is 0 Å². The lowest BCUT2D eigenvalue weighted by Crippen LogP contribution is -2.48. The Morgan fingerprint density at radius 2 is 1.76 bits per heavy atom. The lowest BCUT2D eigenvalue weighted by Gasteiger charge is -2.38. The van der Waals surface area contributed by atoms with Gasteiger partial charge in [0.25, 0.3) is 5.56 Å². The van der Waals surface area contributed by atoms with Crippen LogP contribution in [0.25, 0.3) is 16.9 Å². The number of hydrogen-bond donors (Lipinski definition) is 3. The van der Waals surface area contributed by atoms with Crippen molar-refractivity contribution in [2.75, 3.05) is 36.4 Å². The molecule has 0 spiro atoms. The SMILES string of the molecule is CC(C)N1CCN(c2ccc(Nc3ccc(-c4c[nH]c(=O)[nH]c4=O)n4ncnc34)cc2)CC1. The van der Waals surface area contributed by atoms with E-state index in [9.17, 15) is 9.59 Å². The number of H-pyrrole nitrogens is 2. The normalized spacial score (nSPS) is 14.8. The lowest BCUT2D eigenvalue weighted by atomic mass is 10.2. The van der Waals surface area contributed by atoms with Gasteiger partial charge in [0.15, 0.2) is 5.65 Å². The average molecular weight is 447 g/mol. The monoisotopic (exact) mass is 446 g/mol. The number of benzene rings is 1. The predicted octanol–water partition coefficient (Wildman–Crippen LogP) is 2.05. The molecule has 10 heteroatoms. The van der Waals surface area contributed by atoms with E-state index in [1.165, 1.54) is 18.2 Å².